The Balaban J connectivity index is 2.36. The van der Waals surface area contributed by atoms with E-state index in [9.17, 15) is 4.39 Å². The number of halogens is 1. The van der Waals surface area contributed by atoms with Crippen LogP contribution in [-0.4, -0.2) is 0 Å². The molecule has 0 fully saturated rings. The van der Waals surface area contributed by atoms with Gasteiger partial charge in [-0.05, 0) is 49.9 Å². The van der Waals surface area contributed by atoms with E-state index in [1.54, 1.807) is 6.07 Å². The predicted octanol–water partition coefficient (Wildman–Crippen LogP) is 3.50. The van der Waals surface area contributed by atoms with Crippen LogP contribution in [0, 0.1) is 26.6 Å². The summed E-state index contributed by atoms with van der Waals surface area (Å²) in [6.07, 6.45) is 0.676. The summed E-state index contributed by atoms with van der Waals surface area (Å²) in [7, 11) is 0. The van der Waals surface area contributed by atoms with Gasteiger partial charge in [-0.15, -0.1) is 0 Å². The van der Waals surface area contributed by atoms with Gasteiger partial charge in [0.05, 0.1) is 6.04 Å². The lowest BCUT2D eigenvalue weighted by Crippen LogP contribution is -2.30. The largest absolute Gasteiger partial charge is 0.271 e. The molecule has 0 spiro atoms. The Hall–Kier alpha value is -1.71. The van der Waals surface area contributed by atoms with Crippen molar-refractivity contribution in [2.45, 2.75) is 33.2 Å². The van der Waals surface area contributed by atoms with E-state index in [2.05, 4.69) is 31.4 Å². The summed E-state index contributed by atoms with van der Waals surface area (Å²) in [5.41, 5.74) is 8.03. The van der Waals surface area contributed by atoms with Gasteiger partial charge in [-0.1, -0.05) is 35.9 Å². The first-order valence-corrected chi connectivity index (χ1v) is 6.80. The smallest absolute Gasteiger partial charge is 0.128 e. The van der Waals surface area contributed by atoms with Crippen LogP contribution < -0.4 is 11.3 Å². The van der Waals surface area contributed by atoms with Crippen LogP contribution >= 0.6 is 0 Å². The monoisotopic (exact) mass is 272 g/mol. The third-order valence-electron chi connectivity index (χ3n) is 3.78. The minimum Gasteiger partial charge on any atom is -0.271 e. The first-order chi connectivity index (χ1) is 9.52. The molecule has 0 aromatic heterocycles. The molecule has 3 N–H and O–H groups in total. The van der Waals surface area contributed by atoms with Gasteiger partial charge in [0.15, 0.2) is 0 Å². The summed E-state index contributed by atoms with van der Waals surface area (Å²) in [6, 6.07) is 11.1. The second-order valence-electron chi connectivity index (χ2n) is 5.32. The minimum atomic E-state index is -0.227. The summed E-state index contributed by atoms with van der Waals surface area (Å²) >= 11 is 0. The fourth-order valence-electron chi connectivity index (χ4n) is 2.56. The third kappa shape index (κ3) is 3.06. The highest BCUT2D eigenvalue weighted by molar-refractivity contribution is 5.36. The summed E-state index contributed by atoms with van der Waals surface area (Å²) in [4.78, 5) is 0. The number of nitrogens with one attached hydrogen (secondary N) is 1. The van der Waals surface area contributed by atoms with Crippen LogP contribution in [0.4, 0.5) is 4.39 Å². The Morgan fingerprint density at radius 2 is 1.75 bits per heavy atom. The van der Waals surface area contributed by atoms with Gasteiger partial charge in [0.2, 0.25) is 0 Å². The zero-order valence-electron chi connectivity index (χ0n) is 12.2. The maximum absolute atomic E-state index is 14.0. The molecule has 0 saturated carbocycles. The van der Waals surface area contributed by atoms with Gasteiger partial charge in [-0.3, -0.25) is 11.3 Å². The molecular weight excluding hydrogens is 251 g/mol. The molecule has 0 radical (unpaired) electrons. The second-order valence-corrected chi connectivity index (χ2v) is 5.32. The first kappa shape index (κ1) is 14.7. The zero-order valence-corrected chi connectivity index (χ0v) is 12.2. The predicted molar refractivity (Wildman–Crippen MR) is 80.8 cm³/mol. The molecule has 0 bridgehead atoms. The van der Waals surface area contributed by atoms with Gasteiger partial charge in [0.1, 0.15) is 5.82 Å². The van der Waals surface area contributed by atoms with Crippen LogP contribution in [-0.2, 0) is 6.42 Å². The number of hydrogen-bond donors (Lipinski definition) is 2. The lowest BCUT2D eigenvalue weighted by molar-refractivity contribution is 0.508. The van der Waals surface area contributed by atoms with Gasteiger partial charge in [0, 0.05) is 5.56 Å². The van der Waals surface area contributed by atoms with Gasteiger partial charge < -0.3 is 0 Å². The molecule has 0 aliphatic heterocycles. The fraction of sp³-hybridized carbons (Fsp3) is 0.294. The maximum atomic E-state index is 14.0. The minimum absolute atomic E-state index is 0.218. The Bertz CT molecular complexity index is 588. The van der Waals surface area contributed by atoms with Gasteiger partial charge in [-0.2, -0.15) is 0 Å². The second kappa shape index (κ2) is 6.16. The fourth-order valence-corrected chi connectivity index (χ4v) is 2.56. The highest BCUT2D eigenvalue weighted by Crippen LogP contribution is 2.25. The van der Waals surface area contributed by atoms with E-state index in [1.165, 1.54) is 22.8 Å². The molecule has 20 heavy (non-hydrogen) atoms. The van der Waals surface area contributed by atoms with Crippen molar-refractivity contribution in [1.82, 2.24) is 5.43 Å². The van der Waals surface area contributed by atoms with Crippen molar-refractivity contribution in [3.63, 3.8) is 0 Å². The van der Waals surface area contributed by atoms with Crippen molar-refractivity contribution in [1.29, 1.82) is 0 Å². The lowest BCUT2D eigenvalue weighted by atomic mass is 9.92. The highest BCUT2D eigenvalue weighted by Gasteiger charge is 2.17. The topological polar surface area (TPSA) is 38.0 Å². The molecule has 0 aliphatic rings. The van der Waals surface area contributed by atoms with E-state index >= 15 is 0 Å². The summed E-state index contributed by atoms with van der Waals surface area (Å²) in [6.45, 7) is 6.10. The van der Waals surface area contributed by atoms with Crippen LogP contribution in [0.25, 0.3) is 0 Å². The molecule has 3 heteroatoms. The highest BCUT2D eigenvalue weighted by atomic mass is 19.1. The Morgan fingerprint density at radius 3 is 2.35 bits per heavy atom. The zero-order chi connectivity index (χ0) is 14.7. The van der Waals surface area contributed by atoms with E-state index < -0.39 is 0 Å². The van der Waals surface area contributed by atoms with Crippen molar-refractivity contribution in [2.24, 2.45) is 5.84 Å². The van der Waals surface area contributed by atoms with Crippen molar-refractivity contribution in [3.8, 4) is 0 Å². The Kier molecular flexibility index (Phi) is 4.53. The third-order valence-corrected chi connectivity index (χ3v) is 3.78. The molecule has 1 atom stereocenters. The average Bonchev–Trinajstić information content (AvgIpc) is 2.42. The summed E-state index contributed by atoms with van der Waals surface area (Å²) < 4.78 is 14.0. The van der Waals surface area contributed by atoms with Crippen LogP contribution in [0.15, 0.2) is 36.4 Å². The Morgan fingerprint density at radius 1 is 1.10 bits per heavy atom. The molecule has 1 unspecified atom stereocenters. The molecule has 2 aromatic rings. The van der Waals surface area contributed by atoms with Gasteiger partial charge in [0.25, 0.3) is 0 Å². The molecule has 0 aliphatic carbocycles. The molecule has 0 saturated heterocycles. The van der Waals surface area contributed by atoms with E-state index in [1.807, 2.05) is 19.1 Å². The lowest BCUT2D eigenvalue weighted by Gasteiger charge is -2.20. The Labute approximate surface area is 119 Å². The number of nitrogens with two attached hydrogens (primary N) is 1. The quantitative estimate of drug-likeness (QED) is 0.660. The SMILES string of the molecule is Cc1ccc(F)c(C(Cc2c(C)cccc2C)NN)c1. The number of rotatable bonds is 4. The molecular formula is C17H21FN2. The van der Waals surface area contributed by atoms with Crippen LogP contribution in [0.5, 0.6) is 0 Å². The number of aryl methyl sites for hydroxylation is 3. The van der Waals surface area contributed by atoms with E-state index in [-0.39, 0.29) is 11.9 Å². The molecule has 0 amide bonds. The van der Waals surface area contributed by atoms with E-state index in [0.29, 0.717) is 12.0 Å². The molecule has 2 aromatic carbocycles. The van der Waals surface area contributed by atoms with Gasteiger partial charge >= 0.3 is 0 Å². The van der Waals surface area contributed by atoms with Crippen molar-refractivity contribution in [3.05, 3.63) is 70.0 Å². The molecule has 2 rings (SSSR count). The van der Waals surface area contributed by atoms with Crippen molar-refractivity contribution >= 4 is 0 Å². The normalized spacial score (nSPS) is 12.4. The molecule has 106 valence electrons. The number of hydrazine groups is 1. The van der Waals surface area contributed by atoms with Crippen molar-refractivity contribution in [2.75, 3.05) is 0 Å². The first-order valence-electron chi connectivity index (χ1n) is 6.80. The van der Waals surface area contributed by atoms with Crippen molar-refractivity contribution < 1.29 is 4.39 Å². The van der Waals surface area contributed by atoms with Gasteiger partial charge in [-0.25, -0.2) is 4.39 Å². The summed E-state index contributed by atoms with van der Waals surface area (Å²) in [5, 5.41) is 0. The van der Waals surface area contributed by atoms with Crippen LogP contribution in [0.2, 0.25) is 0 Å². The van der Waals surface area contributed by atoms with E-state index in [0.717, 1.165) is 5.56 Å². The average molecular weight is 272 g/mol. The number of hydrogen-bond acceptors (Lipinski definition) is 2. The number of benzene rings is 2. The molecule has 0 heterocycles. The van der Waals surface area contributed by atoms with E-state index in [4.69, 9.17) is 5.84 Å². The van der Waals surface area contributed by atoms with Crippen LogP contribution in [0.1, 0.15) is 33.9 Å². The maximum Gasteiger partial charge on any atom is 0.128 e. The molecule has 2 nitrogen and oxygen atoms in total. The standard InChI is InChI=1S/C17H21FN2/c1-11-7-8-16(18)15(9-11)17(20-19)10-14-12(2)5-4-6-13(14)3/h4-9,17,20H,10,19H2,1-3H3. The summed E-state index contributed by atoms with van der Waals surface area (Å²) in [5.74, 6) is 5.44. The van der Waals surface area contributed by atoms with Crippen LogP contribution in [0.3, 0.4) is 0 Å².